The Kier molecular flexibility index (Phi) is 6.79. The topological polar surface area (TPSA) is 110 Å². The lowest BCUT2D eigenvalue weighted by atomic mass is 9.93. The van der Waals surface area contributed by atoms with E-state index in [0.29, 0.717) is 51.7 Å². The Hall–Kier alpha value is -3.91. The van der Waals surface area contributed by atoms with E-state index >= 15 is 0 Å². The average Bonchev–Trinajstić information content (AvgIpc) is 3.19. The van der Waals surface area contributed by atoms with E-state index in [0.717, 1.165) is 6.42 Å². The molecule has 4 rings (SSSR count). The van der Waals surface area contributed by atoms with Gasteiger partial charge in [0.1, 0.15) is 5.76 Å². The van der Waals surface area contributed by atoms with Crippen molar-refractivity contribution < 1.29 is 23.5 Å². The van der Waals surface area contributed by atoms with Crippen LogP contribution in [0.2, 0.25) is 5.02 Å². The highest BCUT2D eigenvalue weighted by Gasteiger charge is 2.28. The van der Waals surface area contributed by atoms with Gasteiger partial charge < -0.3 is 14.5 Å². The lowest BCUT2D eigenvalue weighted by Gasteiger charge is -2.13. The van der Waals surface area contributed by atoms with E-state index in [1.165, 1.54) is 7.11 Å². The summed E-state index contributed by atoms with van der Waals surface area (Å²) in [6, 6.07) is 13.1. The third-order valence-corrected chi connectivity index (χ3v) is 5.73. The predicted octanol–water partition coefficient (Wildman–Crippen LogP) is 4.75. The van der Waals surface area contributed by atoms with E-state index in [2.05, 4.69) is 15.8 Å². The molecule has 1 aromatic heterocycles. The van der Waals surface area contributed by atoms with Gasteiger partial charge >= 0.3 is 5.97 Å². The molecule has 0 fully saturated rings. The summed E-state index contributed by atoms with van der Waals surface area (Å²) in [6.45, 7) is 1.77. The van der Waals surface area contributed by atoms with Crippen LogP contribution in [-0.4, -0.2) is 30.6 Å². The number of para-hydroxylation sites is 1. The highest BCUT2D eigenvalue weighted by molar-refractivity contribution is 6.31. The third kappa shape index (κ3) is 4.72. The molecule has 0 radical (unpaired) electrons. The van der Waals surface area contributed by atoms with Crippen molar-refractivity contribution in [1.29, 1.82) is 0 Å². The molecule has 1 aliphatic rings. The Morgan fingerprint density at radius 3 is 2.62 bits per heavy atom. The van der Waals surface area contributed by atoms with Gasteiger partial charge in [0.25, 0.3) is 11.8 Å². The van der Waals surface area contributed by atoms with Crippen LogP contribution in [0.15, 0.2) is 58.0 Å². The van der Waals surface area contributed by atoms with Crippen molar-refractivity contribution in [2.45, 2.75) is 26.2 Å². The first kappa shape index (κ1) is 23.3. The van der Waals surface area contributed by atoms with Gasteiger partial charge in [0.2, 0.25) is 0 Å². The van der Waals surface area contributed by atoms with Crippen LogP contribution < -0.4 is 10.7 Å². The Morgan fingerprint density at radius 2 is 1.85 bits per heavy atom. The fourth-order valence-corrected chi connectivity index (χ4v) is 4.06. The molecule has 0 spiro atoms. The monoisotopic (exact) mass is 479 g/mol. The number of methoxy groups -OCH3 is 1. The van der Waals surface area contributed by atoms with Gasteiger partial charge in [-0.3, -0.25) is 9.59 Å². The van der Waals surface area contributed by atoms with Crippen molar-refractivity contribution in [2.24, 2.45) is 5.10 Å². The zero-order chi connectivity index (χ0) is 24.2. The molecule has 2 aromatic carbocycles. The molecular formula is C25H22ClN3O5. The van der Waals surface area contributed by atoms with Gasteiger partial charge in [-0.15, -0.1) is 0 Å². The normalized spacial score (nSPS) is 13.8. The summed E-state index contributed by atoms with van der Waals surface area (Å²) >= 11 is 5.96. The third-order valence-electron chi connectivity index (χ3n) is 5.49. The van der Waals surface area contributed by atoms with Gasteiger partial charge in [0, 0.05) is 28.1 Å². The molecular weight excluding hydrogens is 458 g/mol. The number of nitrogens with one attached hydrogen (secondary N) is 2. The minimum absolute atomic E-state index is 0.125. The summed E-state index contributed by atoms with van der Waals surface area (Å²) < 4.78 is 10.7. The molecule has 0 unspecified atom stereocenters. The van der Waals surface area contributed by atoms with E-state index in [1.807, 2.05) is 0 Å². The molecule has 0 bridgehead atoms. The zero-order valence-corrected chi connectivity index (χ0v) is 19.4. The Labute approximate surface area is 200 Å². The lowest BCUT2D eigenvalue weighted by molar-refractivity contribution is 0.0601. The molecule has 8 nitrogen and oxygen atoms in total. The number of furan rings is 1. The SMILES string of the molecule is COC(=O)c1ccccc1NC(=O)c1oc2c(c1C)/C(=N/NC(=O)c1cccc(Cl)c1)CCC2. The number of hydrogen-bond acceptors (Lipinski definition) is 6. The molecule has 34 heavy (non-hydrogen) atoms. The van der Waals surface area contributed by atoms with Crippen LogP contribution in [0.5, 0.6) is 0 Å². The van der Waals surface area contributed by atoms with Crippen molar-refractivity contribution in [3.63, 3.8) is 0 Å². The van der Waals surface area contributed by atoms with E-state index in [4.69, 9.17) is 20.8 Å². The standard InChI is InChI=1S/C25H22ClN3O5/c1-14-21-19(28-29-23(30)15-7-5-8-16(26)13-15)11-6-12-20(21)34-22(14)24(31)27-18-10-4-3-9-17(18)25(32)33-2/h3-5,7-10,13H,6,11-12H2,1-2H3,(H,27,31)(H,29,30)/b28-19+. The van der Waals surface area contributed by atoms with Crippen molar-refractivity contribution in [3.05, 3.63) is 87.3 Å². The summed E-state index contributed by atoms with van der Waals surface area (Å²) in [4.78, 5) is 37.5. The van der Waals surface area contributed by atoms with Crippen LogP contribution in [0.1, 0.15) is 61.0 Å². The molecule has 0 atom stereocenters. The van der Waals surface area contributed by atoms with Crippen LogP contribution in [0, 0.1) is 6.92 Å². The fraction of sp³-hybridized carbons (Fsp3) is 0.200. The van der Waals surface area contributed by atoms with Crippen LogP contribution in [0.25, 0.3) is 0 Å². The quantitative estimate of drug-likeness (QED) is 0.405. The number of fused-ring (bicyclic) bond motifs is 1. The van der Waals surface area contributed by atoms with E-state index in [-0.39, 0.29) is 17.2 Å². The van der Waals surface area contributed by atoms with Gasteiger partial charge in [-0.05, 0) is 50.1 Å². The van der Waals surface area contributed by atoms with Gasteiger partial charge in [0.15, 0.2) is 5.76 Å². The first-order valence-electron chi connectivity index (χ1n) is 10.6. The number of hydrogen-bond donors (Lipinski definition) is 2. The second-order valence-electron chi connectivity index (χ2n) is 7.71. The summed E-state index contributed by atoms with van der Waals surface area (Å²) in [5, 5.41) is 7.50. The molecule has 1 heterocycles. The minimum atomic E-state index is -0.559. The highest BCUT2D eigenvalue weighted by Crippen LogP contribution is 2.30. The molecule has 174 valence electrons. The Bertz CT molecular complexity index is 1310. The maximum absolute atomic E-state index is 13.0. The zero-order valence-electron chi connectivity index (χ0n) is 18.6. The fourth-order valence-electron chi connectivity index (χ4n) is 3.87. The van der Waals surface area contributed by atoms with Gasteiger partial charge in [-0.25, -0.2) is 10.2 Å². The van der Waals surface area contributed by atoms with Crippen LogP contribution in [0.3, 0.4) is 0 Å². The number of amides is 2. The number of anilines is 1. The first-order chi connectivity index (χ1) is 16.4. The summed E-state index contributed by atoms with van der Waals surface area (Å²) in [5.41, 5.74) is 5.46. The molecule has 2 N–H and O–H groups in total. The molecule has 9 heteroatoms. The number of benzene rings is 2. The maximum Gasteiger partial charge on any atom is 0.339 e. The second kappa shape index (κ2) is 9.93. The molecule has 3 aromatic rings. The van der Waals surface area contributed by atoms with E-state index in [9.17, 15) is 14.4 Å². The molecule has 0 aliphatic heterocycles. The number of carbonyl (C=O) groups excluding carboxylic acids is 3. The van der Waals surface area contributed by atoms with E-state index in [1.54, 1.807) is 55.5 Å². The van der Waals surface area contributed by atoms with Crippen LogP contribution in [-0.2, 0) is 11.2 Å². The number of carbonyl (C=O) groups is 3. The number of ether oxygens (including phenoxy) is 1. The molecule has 1 aliphatic carbocycles. The van der Waals surface area contributed by atoms with Gasteiger partial charge in [0.05, 0.1) is 24.1 Å². The summed E-state index contributed by atoms with van der Waals surface area (Å²) in [6.07, 6.45) is 2.02. The smallest absolute Gasteiger partial charge is 0.339 e. The molecule has 0 saturated carbocycles. The molecule has 0 saturated heterocycles. The lowest BCUT2D eigenvalue weighted by Crippen LogP contribution is -2.22. The number of rotatable bonds is 5. The predicted molar refractivity (Wildman–Crippen MR) is 128 cm³/mol. The minimum Gasteiger partial charge on any atom is -0.465 e. The number of halogens is 1. The van der Waals surface area contributed by atoms with Crippen molar-refractivity contribution >= 4 is 40.8 Å². The summed E-state index contributed by atoms with van der Waals surface area (Å²) in [7, 11) is 1.28. The average molecular weight is 480 g/mol. The highest BCUT2D eigenvalue weighted by atomic mass is 35.5. The van der Waals surface area contributed by atoms with Crippen LogP contribution >= 0.6 is 11.6 Å². The second-order valence-corrected chi connectivity index (χ2v) is 8.15. The van der Waals surface area contributed by atoms with Gasteiger partial charge in [-0.2, -0.15) is 5.10 Å². The Morgan fingerprint density at radius 1 is 1.06 bits per heavy atom. The largest absolute Gasteiger partial charge is 0.465 e. The maximum atomic E-state index is 13.0. The van der Waals surface area contributed by atoms with Crippen molar-refractivity contribution in [1.82, 2.24) is 5.43 Å². The summed E-state index contributed by atoms with van der Waals surface area (Å²) in [5.74, 6) is -0.686. The van der Waals surface area contributed by atoms with Gasteiger partial charge in [-0.1, -0.05) is 29.8 Å². The number of esters is 1. The van der Waals surface area contributed by atoms with Crippen LogP contribution in [0.4, 0.5) is 5.69 Å². The number of aryl methyl sites for hydroxylation is 1. The first-order valence-corrected chi connectivity index (χ1v) is 11.0. The number of nitrogens with zero attached hydrogens (tertiary/aromatic N) is 1. The van der Waals surface area contributed by atoms with Crippen molar-refractivity contribution in [2.75, 3.05) is 12.4 Å². The van der Waals surface area contributed by atoms with E-state index < -0.39 is 11.9 Å². The molecule has 2 amide bonds. The number of hydrazone groups is 1. The van der Waals surface area contributed by atoms with Crippen molar-refractivity contribution in [3.8, 4) is 0 Å². The Balaban J connectivity index is 1.58.